The Kier molecular flexibility index (Phi) is 11.9. The first kappa shape index (κ1) is 24.8. The molecule has 1 saturated heterocycles. The van der Waals surface area contributed by atoms with Gasteiger partial charge in [-0.05, 0) is 63.8 Å². The molecule has 0 N–H and O–H groups in total. The summed E-state index contributed by atoms with van der Waals surface area (Å²) in [6, 6.07) is 17.8. The van der Waals surface area contributed by atoms with Gasteiger partial charge in [0.05, 0.1) is 0 Å². The van der Waals surface area contributed by atoms with E-state index in [0.29, 0.717) is 0 Å². The summed E-state index contributed by atoms with van der Waals surface area (Å²) in [4.78, 5) is 4.94. The van der Waals surface area contributed by atoms with Gasteiger partial charge in [0.15, 0.2) is 0 Å². The van der Waals surface area contributed by atoms with Crippen molar-refractivity contribution in [1.82, 2.24) is 0 Å². The van der Waals surface area contributed by atoms with E-state index >= 15 is 0 Å². The van der Waals surface area contributed by atoms with Crippen LogP contribution in [0.1, 0.15) is 51.2 Å². The quantitative estimate of drug-likeness (QED) is 0.503. The summed E-state index contributed by atoms with van der Waals surface area (Å²) < 4.78 is 0. The van der Waals surface area contributed by atoms with Crippen molar-refractivity contribution < 1.29 is 0 Å². The molecule has 0 aromatic heterocycles. The van der Waals surface area contributed by atoms with E-state index in [1.54, 1.807) is 6.08 Å². The molecule has 1 fully saturated rings. The van der Waals surface area contributed by atoms with Gasteiger partial charge in [0.25, 0.3) is 0 Å². The lowest BCUT2D eigenvalue weighted by Crippen LogP contribution is -2.37. The third kappa shape index (κ3) is 9.21. The molecule has 0 bridgehead atoms. The van der Waals surface area contributed by atoms with Crippen molar-refractivity contribution >= 4 is 11.4 Å². The molecule has 160 valence electrons. The van der Waals surface area contributed by atoms with Crippen LogP contribution < -0.4 is 9.80 Å². The number of hydrogen-bond donors (Lipinski definition) is 0. The number of nitrogens with zero attached hydrogens (tertiary/aromatic N) is 2. The monoisotopic (exact) mass is 394 g/mol. The average Bonchev–Trinajstić information content (AvgIpc) is 2.71. The number of hydrogen-bond acceptors (Lipinski definition) is 2. The van der Waals surface area contributed by atoms with Gasteiger partial charge >= 0.3 is 0 Å². The first-order valence-corrected chi connectivity index (χ1v) is 11.1. The molecular formula is C27H42N2. The smallest absolute Gasteiger partial charge is 0.0366 e. The van der Waals surface area contributed by atoms with E-state index in [2.05, 4.69) is 99.7 Å². The van der Waals surface area contributed by atoms with Crippen LogP contribution in [0, 0.1) is 19.8 Å². The largest absolute Gasteiger partial charge is 0.374 e. The van der Waals surface area contributed by atoms with Gasteiger partial charge in [0.2, 0.25) is 0 Å². The van der Waals surface area contributed by atoms with Gasteiger partial charge < -0.3 is 9.80 Å². The van der Waals surface area contributed by atoms with E-state index in [1.165, 1.54) is 54.9 Å². The van der Waals surface area contributed by atoms with E-state index in [1.807, 2.05) is 6.92 Å². The number of piperidine rings is 1. The van der Waals surface area contributed by atoms with Crippen molar-refractivity contribution in [1.29, 1.82) is 0 Å². The Hall–Kier alpha value is -2.22. The Morgan fingerprint density at radius 3 is 1.79 bits per heavy atom. The number of rotatable bonds is 4. The molecule has 2 aromatic carbocycles. The lowest BCUT2D eigenvalue weighted by Gasteiger charge is -2.35. The molecule has 0 spiro atoms. The molecule has 2 aromatic rings. The third-order valence-corrected chi connectivity index (χ3v) is 5.02. The van der Waals surface area contributed by atoms with Crippen LogP contribution in [0.15, 0.2) is 61.2 Å². The Labute approximate surface area is 180 Å². The molecular weight excluding hydrogens is 352 g/mol. The molecule has 1 heterocycles. The topological polar surface area (TPSA) is 6.48 Å². The zero-order chi connectivity index (χ0) is 21.6. The van der Waals surface area contributed by atoms with Crippen molar-refractivity contribution in [2.45, 2.75) is 53.9 Å². The van der Waals surface area contributed by atoms with E-state index in [-0.39, 0.29) is 0 Å². The Morgan fingerprint density at radius 1 is 0.931 bits per heavy atom. The van der Waals surface area contributed by atoms with Gasteiger partial charge in [0, 0.05) is 38.1 Å². The fourth-order valence-electron chi connectivity index (χ4n) is 3.42. The van der Waals surface area contributed by atoms with Crippen molar-refractivity contribution in [3.05, 3.63) is 72.3 Å². The standard InChI is InChI=1S/C21H28N2.C3H8.C3H6/c1-17-4-8-20(9-5-17)22(3)16-19-12-14-23(15-13-19)21-10-6-18(2)7-11-21;2*1-3-2/h4-11,19H,12-16H2,1-3H3;3H2,1-2H3;3H,1H2,2H3. The summed E-state index contributed by atoms with van der Waals surface area (Å²) in [5.74, 6) is 0.794. The first-order valence-electron chi connectivity index (χ1n) is 11.1. The van der Waals surface area contributed by atoms with Gasteiger partial charge in [-0.3, -0.25) is 0 Å². The SMILES string of the molecule is C=CC.CCC.Cc1ccc(N(C)CC2CCN(c3ccc(C)cc3)CC2)cc1. The average molecular weight is 395 g/mol. The molecule has 1 aliphatic rings. The lowest BCUT2D eigenvalue weighted by molar-refractivity contribution is 0.409. The van der Waals surface area contributed by atoms with Crippen LogP contribution in [0.5, 0.6) is 0 Å². The highest BCUT2D eigenvalue weighted by molar-refractivity contribution is 5.48. The van der Waals surface area contributed by atoms with Crippen molar-refractivity contribution in [3.8, 4) is 0 Å². The molecule has 2 heteroatoms. The normalized spacial score (nSPS) is 13.5. The third-order valence-electron chi connectivity index (χ3n) is 5.02. The van der Waals surface area contributed by atoms with Gasteiger partial charge in [-0.1, -0.05) is 61.7 Å². The van der Waals surface area contributed by atoms with Gasteiger partial charge in [-0.25, -0.2) is 0 Å². The maximum Gasteiger partial charge on any atom is 0.0366 e. The van der Waals surface area contributed by atoms with E-state index in [9.17, 15) is 0 Å². The summed E-state index contributed by atoms with van der Waals surface area (Å²) in [7, 11) is 2.22. The Bertz CT molecular complexity index is 665. The minimum atomic E-state index is 0.794. The predicted molar refractivity (Wildman–Crippen MR) is 132 cm³/mol. The van der Waals surface area contributed by atoms with Crippen LogP contribution >= 0.6 is 0 Å². The van der Waals surface area contributed by atoms with Crippen LogP contribution in [-0.2, 0) is 0 Å². The highest BCUT2D eigenvalue weighted by atomic mass is 15.1. The van der Waals surface area contributed by atoms with E-state index in [4.69, 9.17) is 0 Å². The highest BCUT2D eigenvalue weighted by Gasteiger charge is 2.20. The zero-order valence-corrected chi connectivity index (χ0v) is 19.6. The maximum atomic E-state index is 3.36. The summed E-state index contributed by atoms with van der Waals surface area (Å²) in [5, 5.41) is 0. The van der Waals surface area contributed by atoms with Crippen LogP contribution in [0.3, 0.4) is 0 Å². The van der Waals surface area contributed by atoms with E-state index in [0.717, 1.165) is 12.5 Å². The zero-order valence-electron chi connectivity index (χ0n) is 19.6. The molecule has 0 amide bonds. The van der Waals surface area contributed by atoms with Crippen molar-refractivity contribution in [3.63, 3.8) is 0 Å². The summed E-state index contributed by atoms with van der Waals surface area (Å²) in [6.45, 7) is 17.3. The summed E-state index contributed by atoms with van der Waals surface area (Å²) in [6.07, 6.45) is 5.56. The second-order valence-electron chi connectivity index (χ2n) is 8.10. The maximum absolute atomic E-state index is 3.36. The second-order valence-corrected chi connectivity index (χ2v) is 8.10. The molecule has 0 radical (unpaired) electrons. The van der Waals surface area contributed by atoms with Crippen molar-refractivity contribution in [2.75, 3.05) is 36.5 Å². The van der Waals surface area contributed by atoms with Gasteiger partial charge in [-0.2, -0.15) is 0 Å². The Morgan fingerprint density at radius 2 is 1.34 bits per heavy atom. The lowest BCUT2D eigenvalue weighted by atomic mass is 9.95. The van der Waals surface area contributed by atoms with Gasteiger partial charge in [-0.15, -0.1) is 6.58 Å². The molecule has 1 aliphatic heterocycles. The number of aryl methyl sites for hydroxylation is 2. The molecule has 0 aliphatic carbocycles. The molecule has 0 unspecified atom stereocenters. The second kappa shape index (κ2) is 13.9. The van der Waals surface area contributed by atoms with E-state index < -0.39 is 0 Å². The first-order chi connectivity index (χ1) is 13.9. The Balaban J connectivity index is 0.000000626. The summed E-state index contributed by atoms with van der Waals surface area (Å²) in [5.41, 5.74) is 5.37. The number of benzene rings is 2. The fraction of sp³-hybridized carbons (Fsp3) is 0.481. The molecule has 29 heavy (non-hydrogen) atoms. The van der Waals surface area contributed by atoms with Crippen LogP contribution in [-0.4, -0.2) is 26.7 Å². The molecule has 3 rings (SSSR count). The van der Waals surface area contributed by atoms with Crippen LogP contribution in [0.4, 0.5) is 11.4 Å². The predicted octanol–water partition coefficient (Wildman–Crippen LogP) is 7.26. The molecule has 0 saturated carbocycles. The minimum Gasteiger partial charge on any atom is -0.374 e. The summed E-state index contributed by atoms with van der Waals surface area (Å²) >= 11 is 0. The number of allylic oxidation sites excluding steroid dienone is 1. The molecule has 0 atom stereocenters. The van der Waals surface area contributed by atoms with Crippen LogP contribution in [0.2, 0.25) is 0 Å². The molecule has 2 nitrogen and oxygen atoms in total. The fourth-order valence-corrected chi connectivity index (χ4v) is 3.42. The minimum absolute atomic E-state index is 0.794. The van der Waals surface area contributed by atoms with Gasteiger partial charge in [0.1, 0.15) is 0 Å². The van der Waals surface area contributed by atoms with Crippen LogP contribution in [0.25, 0.3) is 0 Å². The number of anilines is 2. The highest BCUT2D eigenvalue weighted by Crippen LogP contribution is 2.25. The van der Waals surface area contributed by atoms with Crippen molar-refractivity contribution in [2.24, 2.45) is 5.92 Å².